The third-order valence-corrected chi connectivity index (χ3v) is 6.72. The first-order valence-corrected chi connectivity index (χ1v) is 11.5. The Balaban J connectivity index is 1.40. The van der Waals surface area contributed by atoms with Crippen molar-refractivity contribution in [2.45, 2.75) is 55.2 Å². The van der Waals surface area contributed by atoms with Crippen molar-refractivity contribution in [3.8, 4) is 6.07 Å². The molecule has 0 spiro atoms. The summed E-state index contributed by atoms with van der Waals surface area (Å²) in [6, 6.07) is 11.5. The minimum atomic E-state index is -0.264. The van der Waals surface area contributed by atoms with Crippen LogP contribution in [0.4, 0.5) is 5.13 Å². The highest BCUT2D eigenvalue weighted by molar-refractivity contribution is 8.00. The predicted molar refractivity (Wildman–Crippen MR) is 118 cm³/mol. The van der Waals surface area contributed by atoms with Crippen LogP contribution < -0.4 is 5.32 Å². The second kappa shape index (κ2) is 8.20. The van der Waals surface area contributed by atoms with Gasteiger partial charge in [0.15, 0.2) is 10.0 Å². The minimum absolute atomic E-state index is 0.172. The van der Waals surface area contributed by atoms with Crippen LogP contribution in [0.25, 0.3) is 0 Å². The Kier molecular flexibility index (Phi) is 5.62. The Morgan fingerprint density at radius 1 is 1.30 bits per heavy atom. The summed E-state index contributed by atoms with van der Waals surface area (Å²) in [6.45, 7) is 6.28. The summed E-state index contributed by atoms with van der Waals surface area (Å²) in [4.78, 5) is 12.7. The number of amides is 1. The summed E-state index contributed by atoms with van der Waals surface area (Å²) in [5.74, 6) is 0.958. The van der Waals surface area contributed by atoms with Crippen molar-refractivity contribution in [3.05, 3.63) is 52.8 Å². The molecule has 0 aliphatic heterocycles. The molecule has 0 unspecified atom stereocenters. The number of aromatic nitrogens is 4. The molecular formula is C21H22N6OS2. The molecule has 1 aromatic carbocycles. The first kappa shape index (κ1) is 20.6. The number of hydrogen-bond acceptors (Lipinski definition) is 7. The topological polar surface area (TPSA) is 96.5 Å². The highest BCUT2D eigenvalue weighted by Crippen LogP contribution is 2.41. The molecule has 1 aliphatic rings. The number of carbonyl (C=O) groups is 1. The predicted octanol–water partition coefficient (Wildman–Crippen LogP) is 4.78. The molecule has 0 bridgehead atoms. The number of thioether (sulfide) groups is 1. The minimum Gasteiger partial charge on any atom is -0.295 e. The van der Waals surface area contributed by atoms with Gasteiger partial charge in [0.1, 0.15) is 0 Å². The van der Waals surface area contributed by atoms with Crippen LogP contribution in [0.1, 0.15) is 66.8 Å². The van der Waals surface area contributed by atoms with E-state index in [2.05, 4.69) is 47.5 Å². The molecule has 30 heavy (non-hydrogen) atoms. The van der Waals surface area contributed by atoms with E-state index in [1.54, 1.807) is 23.9 Å². The Hall–Kier alpha value is -2.70. The summed E-state index contributed by atoms with van der Waals surface area (Å²) in [5, 5.41) is 25.0. The molecule has 1 saturated carbocycles. The molecular weight excluding hydrogens is 416 g/mol. The first-order valence-electron chi connectivity index (χ1n) is 9.70. The van der Waals surface area contributed by atoms with Gasteiger partial charge in [0.25, 0.3) is 5.91 Å². The zero-order chi connectivity index (χ0) is 21.3. The van der Waals surface area contributed by atoms with E-state index >= 15 is 0 Å². The van der Waals surface area contributed by atoms with Crippen LogP contribution in [0, 0.1) is 11.3 Å². The lowest BCUT2D eigenvalue weighted by molar-refractivity contribution is 0.102. The van der Waals surface area contributed by atoms with E-state index in [1.807, 2.05) is 22.9 Å². The molecule has 2 aromatic heterocycles. The van der Waals surface area contributed by atoms with Gasteiger partial charge in [-0.2, -0.15) is 10.4 Å². The summed E-state index contributed by atoms with van der Waals surface area (Å²) < 4.78 is 2.74. The fourth-order valence-corrected chi connectivity index (χ4v) is 4.72. The summed E-state index contributed by atoms with van der Waals surface area (Å²) >= 11 is 2.88. The van der Waals surface area contributed by atoms with Gasteiger partial charge in [0.2, 0.25) is 5.13 Å². The van der Waals surface area contributed by atoms with Crippen LogP contribution in [-0.4, -0.2) is 25.9 Å². The maximum absolute atomic E-state index is 12.7. The monoisotopic (exact) mass is 438 g/mol. The number of hydrogen-bond donors (Lipinski definition) is 1. The molecule has 4 rings (SSSR count). The van der Waals surface area contributed by atoms with Gasteiger partial charge in [0.05, 0.1) is 17.2 Å². The molecule has 9 heteroatoms. The van der Waals surface area contributed by atoms with E-state index in [1.165, 1.54) is 11.3 Å². The smallest absolute Gasteiger partial charge is 0.277 e. The van der Waals surface area contributed by atoms with Crippen molar-refractivity contribution in [2.75, 3.05) is 5.32 Å². The Bertz CT molecular complexity index is 1100. The Morgan fingerprint density at radius 2 is 2.03 bits per heavy atom. The van der Waals surface area contributed by atoms with E-state index in [0.717, 1.165) is 34.2 Å². The van der Waals surface area contributed by atoms with E-state index in [0.29, 0.717) is 22.3 Å². The summed E-state index contributed by atoms with van der Waals surface area (Å²) in [6.07, 6.45) is 2.30. The Morgan fingerprint density at radius 3 is 2.67 bits per heavy atom. The Labute approximate surface area is 183 Å². The van der Waals surface area contributed by atoms with E-state index in [9.17, 15) is 4.79 Å². The van der Waals surface area contributed by atoms with Crippen LogP contribution in [-0.2, 0) is 11.3 Å². The molecule has 0 saturated heterocycles. The SMILES string of the molecule is CC(C)(C)n1nc(C(=O)Nc2nnc(SCc3ccc(C#N)cc3)s2)cc1C1CC1. The summed E-state index contributed by atoms with van der Waals surface area (Å²) in [7, 11) is 0. The number of nitriles is 1. The lowest BCUT2D eigenvalue weighted by Crippen LogP contribution is -2.25. The molecule has 2 heterocycles. The van der Waals surface area contributed by atoms with Gasteiger partial charge in [-0.3, -0.25) is 14.8 Å². The van der Waals surface area contributed by atoms with E-state index in [4.69, 9.17) is 5.26 Å². The van der Waals surface area contributed by atoms with Gasteiger partial charge >= 0.3 is 0 Å². The van der Waals surface area contributed by atoms with Crippen LogP contribution in [0.3, 0.4) is 0 Å². The zero-order valence-electron chi connectivity index (χ0n) is 17.0. The number of nitrogens with one attached hydrogen (secondary N) is 1. The molecule has 1 N–H and O–H groups in total. The van der Waals surface area contributed by atoms with Crippen LogP contribution in [0.5, 0.6) is 0 Å². The van der Waals surface area contributed by atoms with E-state index in [-0.39, 0.29) is 11.4 Å². The van der Waals surface area contributed by atoms with Crippen molar-refractivity contribution in [1.82, 2.24) is 20.0 Å². The lowest BCUT2D eigenvalue weighted by atomic mass is 10.1. The molecule has 1 fully saturated rings. The van der Waals surface area contributed by atoms with Crippen molar-refractivity contribution in [3.63, 3.8) is 0 Å². The molecule has 1 amide bonds. The summed E-state index contributed by atoms with van der Waals surface area (Å²) in [5.41, 5.74) is 3.11. The third-order valence-electron chi connectivity index (χ3n) is 4.67. The van der Waals surface area contributed by atoms with Crippen molar-refractivity contribution in [1.29, 1.82) is 5.26 Å². The van der Waals surface area contributed by atoms with Crippen LogP contribution in [0.2, 0.25) is 0 Å². The van der Waals surface area contributed by atoms with Crippen LogP contribution in [0.15, 0.2) is 34.7 Å². The average Bonchev–Trinajstić information content (AvgIpc) is 3.29. The second-order valence-electron chi connectivity index (χ2n) is 8.24. The number of nitrogens with zero attached hydrogens (tertiary/aromatic N) is 5. The van der Waals surface area contributed by atoms with Gasteiger partial charge in [-0.1, -0.05) is 35.2 Å². The van der Waals surface area contributed by atoms with Crippen molar-refractivity contribution >= 4 is 34.1 Å². The molecule has 154 valence electrons. The lowest BCUT2D eigenvalue weighted by Gasteiger charge is -2.22. The second-order valence-corrected chi connectivity index (χ2v) is 10.4. The van der Waals surface area contributed by atoms with Gasteiger partial charge in [0, 0.05) is 17.4 Å². The first-order chi connectivity index (χ1) is 14.3. The molecule has 1 aliphatic carbocycles. The van der Waals surface area contributed by atoms with Gasteiger partial charge in [-0.05, 0) is 57.4 Å². The quantitative estimate of drug-likeness (QED) is 0.439. The molecule has 0 atom stereocenters. The average molecular weight is 439 g/mol. The van der Waals surface area contributed by atoms with Crippen LogP contribution >= 0.6 is 23.1 Å². The maximum atomic E-state index is 12.7. The standard InChI is InChI=1S/C21H22N6OS2/c1-21(2,3)27-17(15-8-9-15)10-16(26-27)18(28)23-19-24-25-20(30-19)29-12-14-6-4-13(11-22)5-7-14/h4-7,10,15H,8-9,12H2,1-3H3,(H,23,24,28). The normalized spacial score (nSPS) is 13.8. The third kappa shape index (κ3) is 4.71. The van der Waals surface area contributed by atoms with Crippen molar-refractivity contribution in [2.24, 2.45) is 0 Å². The van der Waals surface area contributed by atoms with Crippen molar-refractivity contribution < 1.29 is 4.79 Å². The number of rotatable bonds is 6. The number of benzene rings is 1. The van der Waals surface area contributed by atoms with E-state index < -0.39 is 0 Å². The largest absolute Gasteiger partial charge is 0.295 e. The molecule has 3 aromatic rings. The molecule has 0 radical (unpaired) electrons. The van der Waals surface area contributed by atoms with Gasteiger partial charge < -0.3 is 0 Å². The maximum Gasteiger partial charge on any atom is 0.277 e. The number of carbonyl (C=O) groups excluding carboxylic acids is 1. The zero-order valence-corrected chi connectivity index (χ0v) is 18.7. The molecule has 7 nitrogen and oxygen atoms in total. The van der Waals surface area contributed by atoms with Gasteiger partial charge in [-0.25, -0.2) is 0 Å². The highest BCUT2D eigenvalue weighted by atomic mass is 32.2. The fraction of sp³-hybridized carbons (Fsp3) is 0.381. The van der Waals surface area contributed by atoms with Gasteiger partial charge in [-0.15, -0.1) is 10.2 Å². The highest BCUT2D eigenvalue weighted by Gasteiger charge is 2.32. The number of anilines is 1. The fourth-order valence-electron chi connectivity index (χ4n) is 3.01.